The molecule has 1 aliphatic heterocycles. The summed E-state index contributed by atoms with van der Waals surface area (Å²) >= 11 is 0. The van der Waals surface area contributed by atoms with Crippen molar-refractivity contribution in [2.24, 2.45) is 0 Å². The molecule has 0 aromatic heterocycles. The largest absolute Gasteiger partial charge is 0.451 e. The number of nitrogens with one attached hydrogen (secondary N) is 3. The molecule has 0 bridgehead atoms. The van der Waals surface area contributed by atoms with Crippen LogP contribution in [0, 0.1) is 0 Å². The summed E-state index contributed by atoms with van der Waals surface area (Å²) in [5, 5.41) is 7.26. The number of carbonyl (C=O) groups is 5. The van der Waals surface area contributed by atoms with Crippen molar-refractivity contribution in [3.8, 4) is 0 Å². The summed E-state index contributed by atoms with van der Waals surface area (Å²) in [5.74, 6) is -2.18. The molecule has 1 aliphatic carbocycles. The second kappa shape index (κ2) is 8.93. The van der Waals surface area contributed by atoms with Gasteiger partial charge in [0.05, 0.1) is 0 Å². The van der Waals surface area contributed by atoms with E-state index in [4.69, 9.17) is 4.74 Å². The van der Waals surface area contributed by atoms with E-state index >= 15 is 0 Å². The summed E-state index contributed by atoms with van der Waals surface area (Å²) in [5.41, 5.74) is -0.0647. The van der Waals surface area contributed by atoms with Crippen molar-refractivity contribution in [3.05, 3.63) is 35.9 Å². The Kier molecular flexibility index (Phi) is 6.34. The monoisotopic (exact) mass is 416 g/mol. The van der Waals surface area contributed by atoms with E-state index in [1.54, 1.807) is 0 Å². The normalized spacial score (nSPS) is 18.1. The Morgan fingerprint density at radius 1 is 1.17 bits per heavy atom. The predicted molar refractivity (Wildman–Crippen MR) is 104 cm³/mol. The number of rotatable bonds is 6. The summed E-state index contributed by atoms with van der Waals surface area (Å²) in [6, 6.07) is 7.75. The number of hydrogen-bond acceptors (Lipinski definition) is 6. The van der Waals surface area contributed by atoms with Crippen molar-refractivity contribution in [1.29, 1.82) is 0 Å². The van der Waals surface area contributed by atoms with Gasteiger partial charge in [-0.1, -0.05) is 43.2 Å². The van der Waals surface area contributed by atoms with E-state index in [9.17, 15) is 24.0 Å². The topological polar surface area (TPSA) is 134 Å². The maximum atomic E-state index is 12.5. The zero-order valence-corrected chi connectivity index (χ0v) is 16.6. The predicted octanol–water partition coefficient (Wildman–Crippen LogP) is 0.809. The lowest BCUT2D eigenvalue weighted by Crippen LogP contribution is -2.46. The van der Waals surface area contributed by atoms with Gasteiger partial charge in [-0.3, -0.25) is 24.6 Å². The van der Waals surface area contributed by atoms with E-state index in [0.29, 0.717) is 12.8 Å². The maximum absolute atomic E-state index is 12.5. The lowest BCUT2D eigenvalue weighted by atomic mass is 9.98. The lowest BCUT2D eigenvalue weighted by molar-refractivity contribution is -0.156. The fourth-order valence-corrected chi connectivity index (χ4v) is 3.59. The molecule has 0 unspecified atom stereocenters. The van der Waals surface area contributed by atoms with Gasteiger partial charge < -0.3 is 15.4 Å². The second-order valence-corrected chi connectivity index (χ2v) is 7.40. The van der Waals surface area contributed by atoms with Crippen LogP contribution in [0.25, 0.3) is 0 Å². The molecule has 1 heterocycles. The van der Waals surface area contributed by atoms with Crippen LogP contribution in [-0.2, 0) is 25.7 Å². The summed E-state index contributed by atoms with van der Waals surface area (Å²) in [6.07, 6.45) is 1.46. The third kappa shape index (κ3) is 4.76. The molecular weight excluding hydrogens is 392 g/mol. The van der Waals surface area contributed by atoms with Crippen LogP contribution >= 0.6 is 0 Å². The van der Waals surface area contributed by atoms with Gasteiger partial charge in [-0.2, -0.15) is 0 Å². The maximum Gasteiger partial charge on any atom is 0.327 e. The van der Waals surface area contributed by atoms with Crippen molar-refractivity contribution in [2.75, 3.05) is 6.54 Å². The molecule has 6 amide bonds. The average Bonchev–Trinajstić information content (AvgIpc) is 3.28. The quantitative estimate of drug-likeness (QED) is 0.464. The molecule has 1 spiro atoms. The van der Waals surface area contributed by atoms with Crippen molar-refractivity contribution < 1.29 is 28.7 Å². The van der Waals surface area contributed by atoms with Crippen molar-refractivity contribution in [3.63, 3.8) is 0 Å². The number of carbonyl (C=O) groups excluding carboxylic acids is 5. The number of esters is 1. The molecule has 3 rings (SSSR count). The lowest BCUT2D eigenvalue weighted by Gasteiger charge is -2.20. The molecule has 1 saturated carbocycles. The molecule has 2 fully saturated rings. The zero-order chi connectivity index (χ0) is 21.7. The standard InChI is InChI=1S/C20H24N4O6/c1-13(16(26)22-18(28)21-11-14-7-3-2-4-8-14)30-15(25)12-24-17(27)20(23-19(24)29)9-5-6-10-20/h2-4,7-8,13H,5-6,9-12H2,1H3,(H,23,29)(H2,21,22,26,28)/t13-/m1/s1. The Morgan fingerprint density at radius 2 is 1.83 bits per heavy atom. The first-order valence-electron chi connectivity index (χ1n) is 9.77. The average molecular weight is 416 g/mol. The first kappa shape index (κ1) is 21.3. The Bertz CT molecular complexity index is 850. The Morgan fingerprint density at radius 3 is 2.50 bits per heavy atom. The molecule has 10 nitrogen and oxygen atoms in total. The van der Waals surface area contributed by atoms with Crippen LogP contribution in [0.4, 0.5) is 9.59 Å². The van der Waals surface area contributed by atoms with E-state index in [1.807, 2.05) is 30.3 Å². The minimum Gasteiger partial charge on any atom is -0.451 e. The van der Waals surface area contributed by atoms with Crippen molar-refractivity contribution >= 4 is 29.8 Å². The van der Waals surface area contributed by atoms with E-state index in [1.165, 1.54) is 6.92 Å². The Labute approximate surface area is 173 Å². The molecule has 160 valence electrons. The van der Waals surface area contributed by atoms with Crippen LogP contribution in [0.2, 0.25) is 0 Å². The molecule has 10 heteroatoms. The van der Waals surface area contributed by atoms with Crippen LogP contribution in [0.1, 0.15) is 38.2 Å². The van der Waals surface area contributed by atoms with E-state index in [-0.39, 0.29) is 6.54 Å². The van der Waals surface area contributed by atoms with Gasteiger partial charge in [0.15, 0.2) is 6.10 Å². The van der Waals surface area contributed by atoms with Crippen LogP contribution in [0.3, 0.4) is 0 Å². The highest BCUT2D eigenvalue weighted by Gasteiger charge is 2.52. The van der Waals surface area contributed by atoms with Crippen LogP contribution in [-0.4, -0.2) is 52.9 Å². The Hall–Kier alpha value is -3.43. The zero-order valence-electron chi connectivity index (χ0n) is 16.6. The minimum atomic E-state index is -1.28. The molecule has 30 heavy (non-hydrogen) atoms. The number of nitrogens with zero attached hydrogens (tertiary/aromatic N) is 1. The van der Waals surface area contributed by atoms with Gasteiger partial charge >= 0.3 is 18.0 Å². The van der Waals surface area contributed by atoms with Gasteiger partial charge in [-0.05, 0) is 25.3 Å². The van der Waals surface area contributed by atoms with Gasteiger partial charge in [-0.25, -0.2) is 9.59 Å². The molecule has 1 atom stereocenters. The van der Waals surface area contributed by atoms with Gasteiger partial charge in [0, 0.05) is 6.54 Å². The SMILES string of the molecule is C[C@@H](OC(=O)CN1C(=O)NC2(CCCC2)C1=O)C(=O)NC(=O)NCc1ccccc1. The molecule has 3 N–H and O–H groups in total. The molecular formula is C20H24N4O6. The summed E-state index contributed by atoms with van der Waals surface area (Å²) in [7, 11) is 0. The minimum absolute atomic E-state index is 0.224. The number of imide groups is 2. The number of urea groups is 2. The van der Waals surface area contributed by atoms with Crippen molar-refractivity contribution in [2.45, 2.75) is 50.8 Å². The van der Waals surface area contributed by atoms with E-state index < -0.39 is 48.0 Å². The molecule has 1 aromatic carbocycles. The van der Waals surface area contributed by atoms with Crippen molar-refractivity contribution in [1.82, 2.24) is 20.9 Å². The number of hydrogen-bond donors (Lipinski definition) is 3. The summed E-state index contributed by atoms with van der Waals surface area (Å²) in [6.45, 7) is 0.925. The number of ether oxygens (including phenoxy) is 1. The molecule has 2 aliphatic rings. The first-order valence-corrected chi connectivity index (χ1v) is 9.77. The summed E-state index contributed by atoms with van der Waals surface area (Å²) < 4.78 is 4.98. The molecule has 1 aromatic rings. The molecule has 0 radical (unpaired) electrons. The highest BCUT2D eigenvalue weighted by Crippen LogP contribution is 2.34. The van der Waals surface area contributed by atoms with Gasteiger partial charge in [0.1, 0.15) is 12.1 Å². The van der Waals surface area contributed by atoms with Gasteiger partial charge in [0.2, 0.25) is 0 Å². The third-order valence-corrected chi connectivity index (χ3v) is 5.20. The summed E-state index contributed by atoms with van der Waals surface area (Å²) in [4.78, 5) is 61.5. The smallest absolute Gasteiger partial charge is 0.327 e. The highest BCUT2D eigenvalue weighted by molar-refractivity contribution is 6.09. The fraction of sp³-hybridized carbons (Fsp3) is 0.450. The first-order chi connectivity index (χ1) is 14.3. The second-order valence-electron chi connectivity index (χ2n) is 7.40. The van der Waals surface area contributed by atoms with Gasteiger partial charge in [-0.15, -0.1) is 0 Å². The van der Waals surface area contributed by atoms with Crippen LogP contribution in [0.5, 0.6) is 0 Å². The van der Waals surface area contributed by atoms with Crippen LogP contribution in [0.15, 0.2) is 30.3 Å². The van der Waals surface area contributed by atoms with E-state index in [2.05, 4.69) is 16.0 Å². The fourth-order valence-electron chi connectivity index (χ4n) is 3.59. The Balaban J connectivity index is 1.44. The number of amides is 6. The third-order valence-electron chi connectivity index (χ3n) is 5.20. The molecule has 1 saturated heterocycles. The highest BCUT2D eigenvalue weighted by atomic mass is 16.5. The van der Waals surface area contributed by atoms with Gasteiger partial charge in [0.25, 0.3) is 11.8 Å². The number of benzene rings is 1. The van der Waals surface area contributed by atoms with E-state index in [0.717, 1.165) is 23.3 Å². The van der Waals surface area contributed by atoms with Crippen LogP contribution < -0.4 is 16.0 Å².